The van der Waals surface area contributed by atoms with Crippen molar-refractivity contribution in [1.82, 2.24) is 10.7 Å². The summed E-state index contributed by atoms with van der Waals surface area (Å²) in [6.07, 6.45) is 1.39. The summed E-state index contributed by atoms with van der Waals surface area (Å²) in [4.78, 5) is 23.7. The van der Waals surface area contributed by atoms with E-state index in [2.05, 4.69) is 31.8 Å². The molecule has 0 spiro atoms. The number of carbonyl (C=O) groups excluding carboxylic acids is 2. The maximum atomic E-state index is 11.9. The Balaban J connectivity index is 1.48. The fourth-order valence-electron chi connectivity index (χ4n) is 2.29. The monoisotopic (exact) mass is 459 g/mol. The van der Waals surface area contributed by atoms with Crippen molar-refractivity contribution in [2.24, 2.45) is 5.10 Å². The number of rotatable bonds is 6. The molecule has 0 bridgehead atoms. The quantitative estimate of drug-likeness (QED) is 0.426. The Bertz CT molecular complexity index is 1020. The molecule has 0 saturated heterocycles. The predicted molar refractivity (Wildman–Crippen MR) is 111 cm³/mol. The first-order chi connectivity index (χ1) is 13.5. The molecular weight excluding hydrogens is 446 g/mol. The number of hydrazone groups is 1. The van der Waals surface area contributed by atoms with E-state index in [0.717, 1.165) is 10.0 Å². The van der Waals surface area contributed by atoms with E-state index in [1.165, 1.54) is 12.3 Å². The Kier molecular flexibility index (Phi) is 6.62. The molecule has 0 atom stereocenters. The van der Waals surface area contributed by atoms with Crippen molar-refractivity contribution < 1.29 is 14.0 Å². The zero-order valence-electron chi connectivity index (χ0n) is 14.5. The molecule has 3 aromatic rings. The zero-order chi connectivity index (χ0) is 19.9. The number of carbonyl (C=O) groups is 2. The summed E-state index contributed by atoms with van der Waals surface area (Å²) < 4.78 is 6.64. The highest BCUT2D eigenvalue weighted by Crippen LogP contribution is 2.23. The van der Waals surface area contributed by atoms with E-state index in [1.807, 2.05) is 30.3 Å². The summed E-state index contributed by atoms with van der Waals surface area (Å²) in [7, 11) is 0. The molecule has 142 valence electrons. The van der Waals surface area contributed by atoms with Gasteiger partial charge in [-0.2, -0.15) is 5.10 Å². The molecule has 0 radical (unpaired) electrons. The third-order valence-corrected chi connectivity index (χ3v) is 4.40. The lowest BCUT2D eigenvalue weighted by atomic mass is 10.2. The van der Waals surface area contributed by atoms with Crippen molar-refractivity contribution in [3.05, 3.63) is 81.5 Å². The van der Waals surface area contributed by atoms with Crippen LogP contribution in [0, 0.1) is 0 Å². The highest BCUT2D eigenvalue weighted by atomic mass is 79.9. The summed E-state index contributed by atoms with van der Waals surface area (Å²) in [6, 6.07) is 17.7. The van der Waals surface area contributed by atoms with Gasteiger partial charge >= 0.3 is 0 Å². The van der Waals surface area contributed by atoms with Crippen LogP contribution in [0.4, 0.5) is 0 Å². The fraction of sp³-hybridized carbons (Fsp3) is 0.0500. The molecule has 8 heteroatoms. The molecule has 1 heterocycles. The van der Waals surface area contributed by atoms with E-state index < -0.39 is 11.8 Å². The number of benzene rings is 2. The van der Waals surface area contributed by atoms with Crippen LogP contribution < -0.4 is 10.7 Å². The molecule has 0 unspecified atom stereocenters. The lowest BCUT2D eigenvalue weighted by Gasteiger charge is -2.04. The lowest BCUT2D eigenvalue weighted by molar-refractivity contribution is -0.120. The molecule has 0 aliphatic heterocycles. The van der Waals surface area contributed by atoms with Crippen LogP contribution in [0.3, 0.4) is 0 Å². The molecule has 2 N–H and O–H groups in total. The summed E-state index contributed by atoms with van der Waals surface area (Å²) >= 11 is 9.22. The van der Waals surface area contributed by atoms with E-state index in [4.69, 9.17) is 16.0 Å². The Hall–Kier alpha value is -2.90. The van der Waals surface area contributed by atoms with Crippen LogP contribution in [0.1, 0.15) is 16.1 Å². The Morgan fingerprint density at radius 2 is 1.89 bits per heavy atom. The molecular formula is C20H15BrClN3O3. The minimum Gasteiger partial charge on any atom is -0.455 e. The fourth-order valence-corrected chi connectivity index (χ4v) is 2.75. The van der Waals surface area contributed by atoms with Crippen molar-refractivity contribution in [2.75, 3.05) is 6.54 Å². The van der Waals surface area contributed by atoms with E-state index in [-0.39, 0.29) is 6.54 Å². The largest absolute Gasteiger partial charge is 0.455 e. The summed E-state index contributed by atoms with van der Waals surface area (Å²) in [5, 5.41) is 6.77. The van der Waals surface area contributed by atoms with Crippen LogP contribution in [0.5, 0.6) is 0 Å². The van der Waals surface area contributed by atoms with Gasteiger partial charge in [0.1, 0.15) is 11.5 Å². The maximum absolute atomic E-state index is 11.9. The maximum Gasteiger partial charge on any atom is 0.259 e. The minimum atomic E-state index is -0.466. The van der Waals surface area contributed by atoms with E-state index in [9.17, 15) is 9.59 Å². The zero-order valence-corrected chi connectivity index (χ0v) is 16.8. The number of furan rings is 1. The molecule has 6 nitrogen and oxygen atoms in total. The van der Waals surface area contributed by atoms with Gasteiger partial charge in [0.2, 0.25) is 0 Å². The van der Waals surface area contributed by atoms with Gasteiger partial charge in [0.15, 0.2) is 0 Å². The van der Waals surface area contributed by atoms with Crippen LogP contribution >= 0.6 is 27.5 Å². The summed E-state index contributed by atoms with van der Waals surface area (Å²) in [6.45, 7) is -0.217. The number of nitrogens with zero attached hydrogens (tertiary/aromatic N) is 1. The van der Waals surface area contributed by atoms with Gasteiger partial charge in [-0.05, 0) is 42.5 Å². The van der Waals surface area contributed by atoms with E-state index >= 15 is 0 Å². The third kappa shape index (κ3) is 5.55. The van der Waals surface area contributed by atoms with Crippen LogP contribution in [0.25, 0.3) is 11.3 Å². The number of halogens is 2. The van der Waals surface area contributed by atoms with Gasteiger partial charge in [-0.25, -0.2) is 5.43 Å². The molecule has 28 heavy (non-hydrogen) atoms. The molecule has 0 saturated carbocycles. The average molecular weight is 461 g/mol. The highest BCUT2D eigenvalue weighted by Gasteiger charge is 2.08. The molecule has 0 aliphatic rings. The van der Waals surface area contributed by atoms with Crippen LogP contribution in [-0.4, -0.2) is 24.6 Å². The number of hydrogen-bond donors (Lipinski definition) is 2. The van der Waals surface area contributed by atoms with Crippen LogP contribution in [0.15, 0.2) is 74.7 Å². The van der Waals surface area contributed by atoms with Gasteiger partial charge in [-0.1, -0.05) is 45.7 Å². The normalized spacial score (nSPS) is 10.8. The molecule has 0 fully saturated rings. The molecule has 2 aromatic carbocycles. The Morgan fingerprint density at radius 1 is 1.11 bits per heavy atom. The van der Waals surface area contributed by atoms with Crippen molar-refractivity contribution in [1.29, 1.82) is 0 Å². The van der Waals surface area contributed by atoms with E-state index in [0.29, 0.717) is 22.1 Å². The number of hydrogen-bond acceptors (Lipinski definition) is 4. The second kappa shape index (κ2) is 9.34. The molecule has 3 rings (SSSR count). The molecule has 2 amide bonds. The first kappa shape index (κ1) is 19.9. The van der Waals surface area contributed by atoms with Crippen molar-refractivity contribution >= 4 is 45.6 Å². The minimum absolute atomic E-state index is 0.217. The van der Waals surface area contributed by atoms with Crippen LogP contribution in [0.2, 0.25) is 5.02 Å². The number of amides is 2. The van der Waals surface area contributed by atoms with Crippen molar-refractivity contribution in [3.63, 3.8) is 0 Å². The molecule has 1 aromatic heterocycles. The van der Waals surface area contributed by atoms with Crippen molar-refractivity contribution in [3.8, 4) is 11.3 Å². The number of nitrogens with one attached hydrogen (secondary N) is 2. The summed E-state index contributed by atoms with van der Waals surface area (Å²) in [5.41, 5.74) is 3.63. The van der Waals surface area contributed by atoms with E-state index in [1.54, 1.807) is 24.3 Å². The Morgan fingerprint density at radius 3 is 2.64 bits per heavy atom. The summed E-state index contributed by atoms with van der Waals surface area (Å²) in [5.74, 6) is 0.313. The van der Waals surface area contributed by atoms with Gasteiger partial charge in [0.05, 0.1) is 12.8 Å². The average Bonchev–Trinajstić information content (AvgIpc) is 3.15. The van der Waals surface area contributed by atoms with Gasteiger partial charge in [0, 0.05) is 20.6 Å². The molecule has 0 aliphatic carbocycles. The third-order valence-electron chi connectivity index (χ3n) is 3.63. The standard InChI is InChI=1S/C20H15BrClN3O3/c21-15-6-4-13(5-7-15)18-9-8-17(28-18)11-24-25-19(26)12-23-20(27)14-2-1-3-16(22)10-14/h1-11H,12H2,(H,23,27)(H,25,26). The van der Waals surface area contributed by atoms with Gasteiger partial charge in [0.25, 0.3) is 11.8 Å². The SMILES string of the molecule is O=C(CNC(=O)c1cccc(Cl)c1)NN=Cc1ccc(-c2ccc(Br)cc2)o1. The van der Waals surface area contributed by atoms with Gasteiger partial charge in [-0.15, -0.1) is 0 Å². The smallest absolute Gasteiger partial charge is 0.259 e. The van der Waals surface area contributed by atoms with Crippen molar-refractivity contribution in [2.45, 2.75) is 0 Å². The second-order valence-electron chi connectivity index (χ2n) is 5.70. The first-order valence-corrected chi connectivity index (χ1v) is 9.40. The van der Waals surface area contributed by atoms with Gasteiger partial charge < -0.3 is 9.73 Å². The lowest BCUT2D eigenvalue weighted by Crippen LogP contribution is -2.34. The van der Waals surface area contributed by atoms with Crippen LogP contribution in [-0.2, 0) is 4.79 Å². The Labute approximate surface area is 174 Å². The predicted octanol–water partition coefficient (Wildman–Crippen LogP) is 4.24. The second-order valence-corrected chi connectivity index (χ2v) is 7.05. The topological polar surface area (TPSA) is 83.7 Å². The first-order valence-electron chi connectivity index (χ1n) is 8.23. The van der Waals surface area contributed by atoms with Gasteiger partial charge in [-0.3, -0.25) is 9.59 Å². The highest BCUT2D eigenvalue weighted by molar-refractivity contribution is 9.10.